The van der Waals surface area contributed by atoms with Crippen molar-refractivity contribution < 1.29 is 5.11 Å². The fraction of sp³-hybridized carbons (Fsp3) is 0.545. The summed E-state index contributed by atoms with van der Waals surface area (Å²) >= 11 is 1.56. The summed E-state index contributed by atoms with van der Waals surface area (Å²) in [6.45, 7) is 1.93. The topological polar surface area (TPSA) is 59.3 Å². The van der Waals surface area contributed by atoms with Crippen molar-refractivity contribution in [1.82, 2.24) is 10.2 Å². The number of nitrogens with one attached hydrogen (secondary N) is 1. The summed E-state index contributed by atoms with van der Waals surface area (Å²) in [5.41, 5.74) is 0.704. The number of thiophene rings is 1. The molecular weight excluding hydrogens is 222 g/mol. The molecule has 1 aromatic heterocycles. The monoisotopic (exact) mass is 239 g/mol. The Hall–Kier alpha value is -0.930. The molecule has 0 saturated heterocycles. The molecule has 0 aliphatic carbocycles. The molecule has 4 nitrogen and oxygen atoms in total. The van der Waals surface area contributed by atoms with E-state index < -0.39 is 0 Å². The lowest BCUT2D eigenvalue weighted by molar-refractivity contribution is 0.134. The molecule has 2 N–H and O–H groups in total. The van der Waals surface area contributed by atoms with Crippen molar-refractivity contribution in [3.63, 3.8) is 0 Å². The van der Waals surface area contributed by atoms with Crippen LogP contribution < -0.4 is 5.32 Å². The van der Waals surface area contributed by atoms with Gasteiger partial charge in [0.25, 0.3) is 0 Å². The maximum atomic E-state index is 9.60. The summed E-state index contributed by atoms with van der Waals surface area (Å²) < 4.78 is 0. The Bertz CT molecular complexity index is 356. The highest BCUT2D eigenvalue weighted by Gasteiger charge is 2.05. The first-order valence-corrected chi connectivity index (χ1v) is 6.01. The second-order valence-electron chi connectivity index (χ2n) is 3.96. The third-order valence-electron chi connectivity index (χ3n) is 2.04. The van der Waals surface area contributed by atoms with Crippen LogP contribution in [0.25, 0.3) is 0 Å². The molecule has 0 aliphatic heterocycles. The van der Waals surface area contributed by atoms with Gasteiger partial charge in [-0.05, 0) is 20.2 Å². The summed E-state index contributed by atoms with van der Waals surface area (Å²) in [5.74, 6) is 0. The van der Waals surface area contributed by atoms with Crippen molar-refractivity contribution in [2.24, 2.45) is 0 Å². The number of hydrogen-bond acceptors (Lipinski definition) is 5. The zero-order valence-corrected chi connectivity index (χ0v) is 10.4. The Kier molecular flexibility index (Phi) is 5.43. The number of aliphatic hydroxyl groups excluding tert-OH is 1. The van der Waals surface area contributed by atoms with Crippen LogP contribution in [0.4, 0.5) is 0 Å². The molecule has 0 aromatic carbocycles. The fourth-order valence-electron chi connectivity index (χ4n) is 1.38. The molecule has 1 heterocycles. The second kappa shape index (κ2) is 6.61. The quantitative estimate of drug-likeness (QED) is 0.764. The molecule has 0 aliphatic rings. The maximum absolute atomic E-state index is 9.60. The third kappa shape index (κ3) is 4.73. The molecule has 0 amide bonds. The molecule has 0 spiro atoms. The van der Waals surface area contributed by atoms with Gasteiger partial charge in [0.1, 0.15) is 6.07 Å². The van der Waals surface area contributed by atoms with E-state index in [9.17, 15) is 5.11 Å². The van der Waals surface area contributed by atoms with Gasteiger partial charge in [-0.1, -0.05) is 0 Å². The van der Waals surface area contributed by atoms with Gasteiger partial charge in [-0.2, -0.15) is 5.26 Å². The maximum Gasteiger partial charge on any atom is 0.100 e. The van der Waals surface area contributed by atoms with E-state index in [0.29, 0.717) is 25.2 Å². The first-order chi connectivity index (χ1) is 7.61. The predicted octanol–water partition coefficient (Wildman–Crippen LogP) is 0.632. The lowest BCUT2D eigenvalue weighted by Crippen LogP contribution is -2.34. The molecule has 1 aromatic rings. The lowest BCUT2D eigenvalue weighted by Gasteiger charge is -2.16. The fourth-order valence-corrected chi connectivity index (χ4v) is 2.16. The van der Waals surface area contributed by atoms with Crippen molar-refractivity contribution in [3.05, 3.63) is 21.9 Å². The van der Waals surface area contributed by atoms with E-state index in [4.69, 9.17) is 5.26 Å². The first kappa shape index (κ1) is 13.1. The van der Waals surface area contributed by atoms with Gasteiger partial charge < -0.3 is 15.3 Å². The largest absolute Gasteiger partial charge is 0.390 e. The Morgan fingerprint density at radius 3 is 2.94 bits per heavy atom. The summed E-state index contributed by atoms with van der Waals surface area (Å²) in [5, 5.41) is 23.3. The Labute approximate surface area is 100 Å². The number of nitrogens with zero attached hydrogens (tertiary/aromatic N) is 2. The van der Waals surface area contributed by atoms with E-state index in [1.165, 1.54) is 0 Å². The van der Waals surface area contributed by atoms with Gasteiger partial charge in [-0.3, -0.25) is 0 Å². The molecule has 88 valence electrons. The van der Waals surface area contributed by atoms with Crippen LogP contribution in [0.15, 0.2) is 11.4 Å². The molecule has 1 atom stereocenters. The number of rotatable bonds is 6. The van der Waals surface area contributed by atoms with Gasteiger partial charge in [-0.25, -0.2) is 0 Å². The highest BCUT2D eigenvalue weighted by atomic mass is 32.1. The summed E-state index contributed by atoms with van der Waals surface area (Å²) in [4.78, 5) is 3.07. The Morgan fingerprint density at radius 1 is 1.62 bits per heavy atom. The number of nitriles is 1. The van der Waals surface area contributed by atoms with Gasteiger partial charge in [-0.15, -0.1) is 11.3 Å². The molecule has 0 radical (unpaired) electrons. The molecular formula is C11H17N3OS. The molecule has 0 bridgehead atoms. The van der Waals surface area contributed by atoms with Crippen LogP contribution in [-0.2, 0) is 6.54 Å². The van der Waals surface area contributed by atoms with E-state index in [-0.39, 0.29) is 6.10 Å². The van der Waals surface area contributed by atoms with Crippen LogP contribution in [0.1, 0.15) is 10.4 Å². The third-order valence-corrected chi connectivity index (χ3v) is 2.97. The van der Waals surface area contributed by atoms with Gasteiger partial charge in [0.05, 0.1) is 11.7 Å². The zero-order chi connectivity index (χ0) is 12.0. The Balaban J connectivity index is 2.23. The summed E-state index contributed by atoms with van der Waals surface area (Å²) in [6, 6.07) is 3.97. The van der Waals surface area contributed by atoms with Gasteiger partial charge >= 0.3 is 0 Å². The standard InChI is InChI=1S/C11H17N3OS/c1-14(2)7-10(15)5-13-6-11-3-9(4-12)8-16-11/h3,8,10,13,15H,5-7H2,1-2H3. The lowest BCUT2D eigenvalue weighted by atomic mass is 10.3. The average Bonchev–Trinajstić information content (AvgIpc) is 2.64. The van der Waals surface area contributed by atoms with Crippen molar-refractivity contribution in [3.8, 4) is 6.07 Å². The van der Waals surface area contributed by atoms with Crippen LogP contribution in [0, 0.1) is 11.3 Å². The molecule has 16 heavy (non-hydrogen) atoms. The normalized spacial score (nSPS) is 12.7. The van der Waals surface area contributed by atoms with Gasteiger partial charge in [0, 0.05) is 29.9 Å². The highest BCUT2D eigenvalue weighted by molar-refractivity contribution is 7.10. The SMILES string of the molecule is CN(C)CC(O)CNCc1cc(C#N)cs1. The first-order valence-electron chi connectivity index (χ1n) is 5.13. The second-order valence-corrected chi connectivity index (χ2v) is 4.96. The van der Waals surface area contributed by atoms with E-state index in [2.05, 4.69) is 11.4 Å². The van der Waals surface area contributed by atoms with Crippen molar-refractivity contribution >= 4 is 11.3 Å². The van der Waals surface area contributed by atoms with Gasteiger partial charge in [0.2, 0.25) is 0 Å². The molecule has 5 heteroatoms. The minimum atomic E-state index is -0.356. The molecule has 1 unspecified atom stereocenters. The van der Waals surface area contributed by atoms with E-state index in [1.807, 2.05) is 30.4 Å². The number of hydrogen-bond donors (Lipinski definition) is 2. The molecule has 0 saturated carbocycles. The molecule has 1 rings (SSSR count). The summed E-state index contributed by atoms with van der Waals surface area (Å²) in [7, 11) is 3.86. The smallest absolute Gasteiger partial charge is 0.100 e. The van der Waals surface area contributed by atoms with Crippen LogP contribution in [0.2, 0.25) is 0 Å². The average molecular weight is 239 g/mol. The Morgan fingerprint density at radius 2 is 2.38 bits per heavy atom. The van der Waals surface area contributed by atoms with Crippen LogP contribution >= 0.6 is 11.3 Å². The summed E-state index contributed by atoms with van der Waals surface area (Å²) in [6.07, 6.45) is -0.356. The minimum Gasteiger partial charge on any atom is -0.390 e. The van der Waals surface area contributed by atoms with Crippen molar-refractivity contribution in [1.29, 1.82) is 5.26 Å². The highest BCUT2D eigenvalue weighted by Crippen LogP contribution is 2.13. The predicted molar refractivity (Wildman–Crippen MR) is 65.3 cm³/mol. The van der Waals surface area contributed by atoms with Crippen LogP contribution in [-0.4, -0.2) is 43.3 Å². The van der Waals surface area contributed by atoms with Crippen molar-refractivity contribution in [2.45, 2.75) is 12.6 Å². The van der Waals surface area contributed by atoms with Crippen LogP contribution in [0.5, 0.6) is 0 Å². The van der Waals surface area contributed by atoms with E-state index in [0.717, 1.165) is 4.88 Å². The minimum absolute atomic E-state index is 0.356. The van der Waals surface area contributed by atoms with Crippen LogP contribution in [0.3, 0.4) is 0 Å². The number of aliphatic hydroxyl groups is 1. The number of likely N-dealkylation sites (N-methyl/N-ethyl adjacent to an activating group) is 1. The van der Waals surface area contributed by atoms with E-state index in [1.54, 1.807) is 11.3 Å². The zero-order valence-electron chi connectivity index (χ0n) is 9.60. The van der Waals surface area contributed by atoms with Gasteiger partial charge in [0.15, 0.2) is 0 Å². The van der Waals surface area contributed by atoms with Crippen molar-refractivity contribution in [2.75, 3.05) is 27.2 Å². The van der Waals surface area contributed by atoms with E-state index >= 15 is 0 Å². The molecule has 0 fully saturated rings.